The molecule has 1 unspecified atom stereocenters. The Balaban J connectivity index is 2.13. The molecule has 1 amide bonds. The third-order valence-electron chi connectivity index (χ3n) is 4.58. The summed E-state index contributed by atoms with van der Waals surface area (Å²) < 4.78 is 31.3. The van der Waals surface area contributed by atoms with Gasteiger partial charge in [0.15, 0.2) is 0 Å². The smallest absolute Gasteiger partial charge is 0.246 e. The number of methoxy groups -OCH3 is 1. The van der Waals surface area contributed by atoms with E-state index in [-0.39, 0.29) is 35.1 Å². The van der Waals surface area contributed by atoms with Crippen LogP contribution in [0.1, 0.15) is 25.5 Å². The van der Waals surface area contributed by atoms with Crippen molar-refractivity contribution in [2.24, 2.45) is 5.92 Å². The average Bonchev–Trinajstić information content (AvgIpc) is 2.69. The zero-order valence-corrected chi connectivity index (χ0v) is 19.3. The van der Waals surface area contributed by atoms with Gasteiger partial charge in [0.25, 0.3) is 0 Å². The number of benzene rings is 2. The second-order valence-electron chi connectivity index (χ2n) is 7.36. The lowest BCUT2D eigenvalue weighted by Crippen LogP contribution is -2.33. The lowest BCUT2D eigenvalue weighted by atomic mass is 9.96. The van der Waals surface area contributed by atoms with E-state index in [1.165, 1.54) is 33.3 Å². The van der Waals surface area contributed by atoms with E-state index >= 15 is 0 Å². The van der Waals surface area contributed by atoms with E-state index in [0.29, 0.717) is 10.7 Å². The van der Waals surface area contributed by atoms with E-state index in [0.717, 1.165) is 9.87 Å². The maximum atomic E-state index is 12.5. The molecule has 0 saturated carbocycles. The zero-order chi connectivity index (χ0) is 22.5. The largest absolute Gasteiger partial charge is 0.495 e. The van der Waals surface area contributed by atoms with Crippen molar-refractivity contribution in [3.8, 4) is 5.75 Å². The summed E-state index contributed by atoms with van der Waals surface area (Å²) in [5, 5.41) is 6.65. The number of nitrogens with one attached hydrogen (secondary N) is 2. The number of carbonyl (C=O) groups is 1. The molecule has 0 heterocycles. The Bertz CT molecular complexity index is 976. The van der Waals surface area contributed by atoms with E-state index in [4.69, 9.17) is 16.3 Å². The highest BCUT2D eigenvalue weighted by molar-refractivity contribution is 7.89. The first-order valence-electron chi connectivity index (χ1n) is 9.45. The van der Waals surface area contributed by atoms with Crippen molar-refractivity contribution in [3.05, 3.63) is 53.1 Å². The monoisotopic (exact) mass is 453 g/mol. The average molecular weight is 454 g/mol. The van der Waals surface area contributed by atoms with Crippen LogP contribution in [0.5, 0.6) is 5.75 Å². The minimum Gasteiger partial charge on any atom is -0.495 e. The van der Waals surface area contributed by atoms with Gasteiger partial charge in [0.1, 0.15) is 10.6 Å². The number of hydrogen-bond donors (Lipinski definition) is 2. The van der Waals surface area contributed by atoms with E-state index in [9.17, 15) is 13.2 Å². The van der Waals surface area contributed by atoms with Gasteiger partial charge in [-0.1, -0.05) is 37.6 Å². The van der Waals surface area contributed by atoms with E-state index < -0.39 is 10.0 Å². The van der Waals surface area contributed by atoms with E-state index in [1.54, 1.807) is 6.07 Å². The van der Waals surface area contributed by atoms with Crippen LogP contribution in [0.4, 0.5) is 5.69 Å². The van der Waals surface area contributed by atoms with Crippen molar-refractivity contribution in [2.75, 3.05) is 33.1 Å². The Morgan fingerprint density at radius 3 is 2.30 bits per heavy atom. The van der Waals surface area contributed by atoms with Gasteiger partial charge in [-0.2, -0.15) is 0 Å². The highest BCUT2D eigenvalue weighted by atomic mass is 35.5. The third-order valence-corrected chi connectivity index (χ3v) is 6.67. The first-order chi connectivity index (χ1) is 14.1. The summed E-state index contributed by atoms with van der Waals surface area (Å²) in [6.07, 6.45) is 0. The van der Waals surface area contributed by atoms with Gasteiger partial charge < -0.3 is 15.4 Å². The standard InChI is InChI=1S/C21H28ClN3O4S/c1-14(2)21(15-6-8-16(22)9-7-15)23-13-20(26)24-17-10-11-18(29-5)19(12-17)30(27,28)25(3)4/h6-12,14,21,23H,13H2,1-5H3,(H,24,26). The molecule has 0 bridgehead atoms. The van der Waals surface area contributed by atoms with Crippen molar-refractivity contribution in [3.63, 3.8) is 0 Å². The Morgan fingerprint density at radius 2 is 1.77 bits per heavy atom. The van der Waals surface area contributed by atoms with Crippen LogP contribution in [0.25, 0.3) is 0 Å². The molecule has 0 aliphatic carbocycles. The molecule has 2 rings (SSSR count). The molecule has 1 atom stereocenters. The van der Waals surface area contributed by atoms with Crippen molar-refractivity contribution >= 4 is 33.2 Å². The van der Waals surface area contributed by atoms with E-state index in [1.807, 2.05) is 24.3 Å². The maximum Gasteiger partial charge on any atom is 0.246 e. The molecule has 0 aliphatic heterocycles. The van der Waals surface area contributed by atoms with Gasteiger partial charge in [0, 0.05) is 30.8 Å². The van der Waals surface area contributed by atoms with Gasteiger partial charge >= 0.3 is 0 Å². The predicted molar refractivity (Wildman–Crippen MR) is 120 cm³/mol. The van der Waals surface area contributed by atoms with Gasteiger partial charge in [-0.05, 0) is 41.8 Å². The number of ether oxygens (including phenoxy) is 1. The molecule has 0 radical (unpaired) electrons. The van der Waals surface area contributed by atoms with Crippen molar-refractivity contribution in [2.45, 2.75) is 24.8 Å². The van der Waals surface area contributed by atoms with Crippen LogP contribution in [0.15, 0.2) is 47.4 Å². The fraction of sp³-hybridized carbons (Fsp3) is 0.381. The van der Waals surface area contributed by atoms with Crippen LogP contribution in [-0.4, -0.2) is 46.4 Å². The second-order valence-corrected chi connectivity index (χ2v) is 9.91. The van der Waals surface area contributed by atoms with Crippen molar-refractivity contribution in [1.29, 1.82) is 0 Å². The summed E-state index contributed by atoms with van der Waals surface area (Å²) in [6.45, 7) is 4.19. The molecule has 2 aromatic carbocycles. The Morgan fingerprint density at radius 1 is 1.13 bits per heavy atom. The number of amides is 1. The molecule has 0 fully saturated rings. The summed E-state index contributed by atoms with van der Waals surface area (Å²) in [6, 6.07) is 12.0. The van der Waals surface area contributed by atoms with Gasteiger partial charge in [0.2, 0.25) is 15.9 Å². The molecule has 30 heavy (non-hydrogen) atoms. The highest BCUT2D eigenvalue weighted by Gasteiger charge is 2.23. The first-order valence-corrected chi connectivity index (χ1v) is 11.3. The first kappa shape index (κ1) is 24.1. The van der Waals surface area contributed by atoms with Crippen molar-refractivity contribution in [1.82, 2.24) is 9.62 Å². The Hall–Kier alpha value is -2.13. The molecule has 0 aliphatic rings. The van der Waals surface area contributed by atoms with Crippen molar-refractivity contribution < 1.29 is 17.9 Å². The minimum atomic E-state index is -3.72. The van der Waals surface area contributed by atoms with Crippen LogP contribution in [-0.2, 0) is 14.8 Å². The lowest BCUT2D eigenvalue weighted by molar-refractivity contribution is -0.115. The quantitative estimate of drug-likeness (QED) is 0.606. The molecule has 0 saturated heterocycles. The number of sulfonamides is 1. The number of nitrogens with zero attached hydrogens (tertiary/aromatic N) is 1. The molecular weight excluding hydrogens is 426 g/mol. The number of carbonyl (C=O) groups excluding carboxylic acids is 1. The van der Waals surface area contributed by atoms with Gasteiger partial charge in [-0.15, -0.1) is 0 Å². The summed E-state index contributed by atoms with van der Waals surface area (Å²) >= 11 is 5.96. The molecule has 164 valence electrons. The number of anilines is 1. The molecule has 2 N–H and O–H groups in total. The summed E-state index contributed by atoms with van der Waals surface area (Å²) in [7, 11) is 0.549. The minimum absolute atomic E-state index is 0.0121. The molecular formula is C21H28ClN3O4S. The fourth-order valence-corrected chi connectivity index (χ4v) is 4.17. The number of halogens is 1. The third kappa shape index (κ3) is 5.95. The normalized spacial score (nSPS) is 12.8. The Labute approximate surface area is 183 Å². The topological polar surface area (TPSA) is 87.7 Å². The van der Waals surface area contributed by atoms with Gasteiger partial charge in [-0.25, -0.2) is 12.7 Å². The lowest BCUT2D eigenvalue weighted by Gasteiger charge is -2.23. The van der Waals surface area contributed by atoms with Gasteiger partial charge in [-0.3, -0.25) is 4.79 Å². The fourth-order valence-electron chi connectivity index (χ4n) is 2.97. The molecule has 7 nitrogen and oxygen atoms in total. The van der Waals surface area contributed by atoms with Crippen LogP contribution in [0.3, 0.4) is 0 Å². The summed E-state index contributed by atoms with van der Waals surface area (Å²) in [4.78, 5) is 12.5. The summed E-state index contributed by atoms with van der Waals surface area (Å²) in [5.41, 5.74) is 1.40. The van der Waals surface area contributed by atoms with Crippen LogP contribution in [0, 0.1) is 5.92 Å². The Kier molecular flexibility index (Phi) is 8.25. The highest BCUT2D eigenvalue weighted by Crippen LogP contribution is 2.29. The van der Waals surface area contributed by atoms with Crippen LogP contribution in [0.2, 0.25) is 5.02 Å². The molecule has 9 heteroatoms. The van der Waals surface area contributed by atoms with Crippen LogP contribution < -0.4 is 15.4 Å². The van der Waals surface area contributed by atoms with Gasteiger partial charge in [0.05, 0.1) is 13.7 Å². The van der Waals surface area contributed by atoms with Crippen LogP contribution >= 0.6 is 11.6 Å². The SMILES string of the molecule is COc1ccc(NC(=O)CNC(c2ccc(Cl)cc2)C(C)C)cc1S(=O)(=O)N(C)C. The predicted octanol–water partition coefficient (Wildman–Crippen LogP) is 3.52. The van der Waals surface area contributed by atoms with E-state index in [2.05, 4.69) is 24.5 Å². The molecule has 0 spiro atoms. The summed E-state index contributed by atoms with van der Waals surface area (Å²) in [5.74, 6) is 0.173. The second kappa shape index (κ2) is 10.3. The number of rotatable bonds is 9. The number of hydrogen-bond acceptors (Lipinski definition) is 5. The molecule has 2 aromatic rings. The zero-order valence-electron chi connectivity index (χ0n) is 17.8. The maximum absolute atomic E-state index is 12.5. The molecule has 0 aromatic heterocycles.